The van der Waals surface area contributed by atoms with Crippen LogP contribution in [-0.4, -0.2) is 61.8 Å². The summed E-state index contributed by atoms with van der Waals surface area (Å²) >= 11 is 1.59. The lowest BCUT2D eigenvalue weighted by Crippen LogP contribution is -2.48. The first-order chi connectivity index (χ1) is 13.5. The number of aromatic nitrogens is 4. The van der Waals surface area contributed by atoms with Crippen LogP contribution >= 0.6 is 11.3 Å². The number of hydrogen-bond acceptors (Lipinski definition) is 7. The number of carbonyl (C=O) groups excluding carboxylic acids is 1. The van der Waals surface area contributed by atoms with Crippen molar-refractivity contribution >= 4 is 17.2 Å². The van der Waals surface area contributed by atoms with Gasteiger partial charge in [-0.15, -0.1) is 11.3 Å². The summed E-state index contributed by atoms with van der Waals surface area (Å²) in [4.78, 5) is 22.4. The first-order valence-electron chi connectivity index (χ1n) is 9.37. The fourth-order valence-corrected chi connectivity index (χ4v) is 4.16. The number of rotatable bonds is 5. The molecule has 0 N–H and O–H groups in total. The van der Waals surface area contributed by atoms with Gasteiger partial charge >= 0.3 is 0 Å². The Labute approximate surface area is 167 Å². The van der Waals surface area contributed by atoms with Crippen LogP contribution < -0.4 is 0 Å². The molecular weight excluding hydrogens is 376 g/mol. The van der Waals surface area contributed by atoms with Crippen LogP contribution in [0.1, 0.15) is 22.8 Å². The summed E-state index contributed by atoms with van der Waals surface area (Å²) in [7, 11) is 1.91. The maximum Gasteiger partial charge on any atom is 0.241 e. The predicted octanol–water partition coefficient (Wildman–Crippen LogP) is 2.04. The van der Waals surface area contributed by atoms with Crippen LogP contribution in [0.25, 0.3) is 10.7 Å². The number of thiophene rings is 1. The first-order valence-corrected chi connectivity index (χ1v) is 10.2. The third-order valence-electron chi connectivity index (χ3n) is 5.28. The second kappa shape index (κ2) is 7.84. The molecule has 0 spiro atoms. The summed E-state index contributed by atoms with van der Waals surface area (Å²) in [5, 5.41) is 10.5. The molecule has 0 aliphatic carbocycles. The number of carbonyl (C=O) groups is 1. The maximum absolute atomic E-state index is 12.7. The van der Waals surface area contributed by atoms with Crippen LogP contribution in [0.3, 0.4) is 0 Å². The minimum atomic E-state index is 0.164. The average molecular weight is 401 g/mol. The van der Waals surface area contributed by atoms with Crippen molar-refractivity contribution in [1.29, 1.82) is 0 Å². The van der Waals surface area contributed by atoms with E-state index in [0.29, 0.717) is 37.8 Å². The van der Waals surface area contributed by atoms with Crippen molar-refractivity contribution in [2.24, 2.45) is 7.05 Å². The van der Waals surface area contributed by atoms with E-state index >= 15 is 0 Å². The zero-order chi connectivity index (χ0) is 19.7. The van der Waals surface area contributed by atoms with Gasteiger partial charge in [-0.3, -0.25) is 14.4 Å². The lowest BCUT2D eigenvalue weighted by molar-refractivity contribution is -0.132. The molecule has 9 heteroatoms. The van der Waals surface area contributed by atoms with Crippen molar-refractivity contribution in [3.63, 3.8) is 0 Å². The van der Waals surface area contributed by atoms with Gasteiger partial charge in [0.15, 0.2) is 0 Å². The average Bonchev–Trinajstić information content (AvgIpc) is 3.41. The van der Waals surface area contributed by atoms with Crippen LogP contribution in [0.5, 0.6) is 0 Å². The summed E-state index contributed by atoms with van der Waals surface area (Å²) in [6, 6.07) is 3.95. The highest BCUT2D eigenvalue weighted by Crippen LogP contribution is 2.22. The van der Waals surface area contributed by atoms with Crippen molar-refractivity contribution in [2.45, 2.75) is 26.8 Å². The monoisotopic (exact) mass is 400 g/mol. The summed E-state index contributed by atoms with van der Waals surface area (Å²) in [6.45, 7) is 7.60. The minimum absolute atomic E-state index is 0.164. The summed E-state index contributed by atoms with van der Waals surface area (Å²) in [5.74, 6) is 1.42. The number of amides is 1. The van der Waals surface area contributed by atoms with Crippen molar-refractivity contribution in [3.8, 4) is 10.7 Å². The normalized spacial score (nSPS) is 15.3. The van der Waals surface area contributed by atoms with Gasteiger partial charge < -0.3 is 9.42 Å². The van der Waals surface area contributed by atoms with E-state index in [0.717, 1.165) is 34.9 Å². The van der Waals surface area contributed by atoms with E-state index in [1.165, 1.54) is 0 Å². The van der Waals surface area contributed by atoms with E-state index in [2.05, 4.69) is 20.1 Å². The molecule has 8 nitrogen and oxygen atoms in total. The van der Waals surface area contributed by atoms with Gasteiger partial charge in [0.05, 0.1) is 23.5 Å². The number of nitrogens with zero attached hydrogens (tertiary/aromatic N) is 6. The molecule has 148 valence electrons. The van der Waals surface area contributed by atoms with E-state index in [1.54, 1.807) is 11.3 Å². The van der Waals surface area contributed by atoms with Crippen LogP contribution in [0.2, 0.25) is 0 Å². The Bertz CT molecular complexity index is 953. The highest BCUT2D eigenvalue weighted by Gasteiger charge is 2.24. The molecule has 3 aromatic heterocycles. The lowest BCUT2D eigenvalue weighted by Gasteiger charge is -2.34. The molecule has 0 bridgehead atoms. The second-order valence-corrected chi connectivity index (χ2v) is 8.04. The minimum Gasteiger partial charge on any atom is -0.340 e. The third kappa shape index (κ3) is 3.85. The van der Waals surface area contributed by atoms with Gasteiger partial charge in [0.2, 0.25) is 17.6 Å². The fraction of sp³-hybridized carbons (Fsp3) is 0.474. The van der Waals surface area contributed by atoms with Crippen LogP contribution in [0, 0.1) is 13.8 Å². The first kappa shape index (κ1) is 18.8. The highest BCUT2D eigenvalue weighted by molar-refractivity contribution is 7.13. The molecule has 0 aromatic carbocycles. The SMILES string of the molecule is Cc1nn(C)c(C)c1CC(=O)N1CCN(Cc2nc(-c3cccs3)no2)CC1. The zero-order valence-electron chi connectivity index (χ0n) is 16.4. The third-order valence-corrected chi connectivity index (χ3v) is 6.15. The number of aryl methyl sites for hydroxylation is 2. The topological polar surface area (TPSA) is 80.3 Å². The molecular formula is C19H24N6O2S. The molecule has 0 atom stereocenters. The van der Waals surface area contributed by atoms with Gasteiger partial charge in [-0.05, 0) is 25.3 Å². The molecule has 1 saturated heterocycles. The van der Waals surface area contributed by atoms with Gasteiger partial charge in [-0.1, -0.05) is 11.2 Å². The predicted molar refractivity (Wildman–Crippen MR) is 106 cm³/mol. The Balaban J connectivity index is 1.30. The van der Waals surface area contributed by atoms with Crippen LogP contribution in [0.15, 0.2) is 22.0 Å². The maximum atomic E-state index is 12.7. The largest absolute Gasteiger partial charge is 0.340 e. The molecule has 1 amide bonds. The molecule has 1 fully saturated rings. The molecule has 3 aromatic rings. The Morgan fingerprint density at radius 1 is 1.25 bits per heavy atom. The van der Waals surface area contributed by atoms with Gasteiger partial charge in [0.25, 0.3) is 0 Å². The fourth-order valence-electron chi connectivity index (χ4n) is 3.51. The Kier molecular flexibility index (Phi) is 5.27. The van der Waals surface area contributed by atoms with Gasteiger partial charge in [-0.2, -0.15) is 10.1 Å². The molecule has 4 rings (SSSR count). The molecule has 1 aliphatic rings. The highest BCUT2D eigenvalue weighted by atomic mass is 32.1. The van der Waals surface area contributed by atoms with E-state index in [9.17, 15) is 4.79 Å². The van der Waals surface area contributed by atoms with Crippen molar-refractivity contribution < 1.29 is 9.32 Å². The summed E-state index contributed by atoms with van der Waals surface area (Å²) in [5.41, 5.74) is 3.04. The molecule has 1 aliphatic heterocycles. The Morgan fingerprint density at radius 2 is 2.04 bits per heavy atom. The van der Waals surface area contributed by atoms with E-state index < -0.39 is 0 Å². The van der Waals surface area contributed by atoms with E-state index in [-0.39, 0.29) is 5.91 Å². The molecule has 4 heterocycles. The molecule has 0 saturated carbocycles. The van der Waals surface area contributed by atoms with Crippen molar-refractivity contribution in [3.05, 3.63) is 40.4 Å². The van der Waals surface area contributed by atoms with E-state index in [4.69, 9.17) is 4.52 Å². The summed E-state index contributed by atoms with van der Waals surface area (Å²) < 4.78 is 7.23. The standard InChI is InChI=1S/C19H24N6O2S/c1-13-15(14(2)23(3)21-13)11-18(26)25-8-6-24(7-9-25)12-17-20-19(22-27-17)16-5-4-10-28-16/h4-5,10H,6-9,11-12H2,1-3H3. The Hall–Kier alpha value is -2.52. The van der Waals surface area contributed by atoms with Crippen molar-refractivity contribution in [2.75, 3.05) is 26.2 Å². The van der Waals surface area contributed by atoms with Gasteiger partial charge in [-0.25, -0.2) is 0 Å². The smallest absolute Gasteiger partial charge is 0.241 e. The molecule has 0 unspecified atom stereocenters. The Morgan fingerprint density at radius 3 is 2.68 bits per heavy atom. The zero-order valence-corrected chi connectivity index (χ0v) is 17.2. The van der Waals surface area contributed by atoms with Crippen LogP contribution in [0.4, 0.5) is 0 Å². The lowest BCUT2D eigenvalue weighted by atomic mass is 10.1. The number of hydrogen-bond donors (Lipinski definition) is 0. The van der Waals surface area contributed by atoms with Gasteiger partial charge in [0.1, 0.15) is 0 Å². The second-order valence-electron chi connectivity index (χ2n) is 7.10. The quantitative estimate of drug-likeness (QED) is 0.652. The molecule has 0 radical (unpaired) electrons. The van der Waals surface area contributed by atoms with Crippen LogP contribution in [-0.2, 0) is 24.8 Å². The van der Waals surface area contributed by atoms with Gasteiger partial charge in [0, 0.05) is 44.5 Å². The molecule has 28 heavy (non-hydrogen) atoms. The summed E-state index contributed by atoms with van der Waals surface area (Å²) in [6.07, 6.45) is 0.416. The van der Waals surface area contributed by atoms with E-state index in [1.807, 2.05) is 48.0 Å². The van der Waals surface area contributed by atoms with Crippen molar-refractivity contribution in [1.82, 2.24) is 29.7 Å². The number of piperazine rings is 1.